The van der Waals surface area contributed by atoms with Gasteiger partial charge < -0.3 is 9.66 Å². The van der Waals surface area contributed by atoms with Crippen LogP contribution in [0.4, 0.5) is 0 Å². The van der Waals surface area contributed by atoms with E-state index in [2.05, 4.69) is 11.1 Å². The largest absolute Gasteiger partial charge is 1.00 e. The van der Waals surface area contributed by atoms with E-state index in [-0.39, 0.29) is 41.9 Å². The molecule has 0 saturated carbocycles. The summed E-state index contributed by atoms with van der Waals surface area (Å²) in [6.45, 7) is 3.85. The van der Waals surface area contributed by atoms with Crippen LogP contribution in [0, 0.1) is 0 Å². The van der Waals surface area contributed by atoms with E-state index in [1.165, 1.54) is 44.9 Å². The predicted octanol–water partition coefficient (Wildman–Crippen LogP) is 3.49. The number of carbonyl (C=O) groups excluding carboxylic acids is 1. The minimum absolute atomic E-state index is 0. The summed E-state index contributed by atoms with van der Waals surface area (Å²) < 4.78 is 34.5. The number of rotatable bonds is 16. The van der Waals surface area contributed by atoms with Crippen molar-refractivity contribution in [1.82, 2.24) is 0 Å². The van der Waals surface area contributed by atoms with Gasteiger partial charge in [0.05, 0.1) is 12.5 Å². The number of carboxylic acids is 1. The molecule has 7 nitrogen and oxygen atoms in total. The topological polar surface area (TPSA) is 121 Å². The second-order valence-corrected chi connectivity index (χ2v) is 9.84. The third-order valence-electron chi connectivity index (χ3n) is 5.78. The zero-order valence-corrected chi connectivity index (χ0v) is 25.2. The number of hydrogen-bond donors (Lipinski definition) is 1. The molecule has 1 N–H and O–H groups in total. The van der Waals surface area contributed by atoms with Crippen molar-refractivity contribution in [2.75, 3.05) is 6.61 Å². The Bertz CT molecular complexity index is 1010. The number of ketones is 1. The van der Waals surface area contributed by atoms with Crippen molar-refractivity contribution in [2.45, 2.75) is 84.0 Å². The van der Waals surface area contributed by atoms with Crippen molar-refractivity contribution in [3.05, 3.63) is 71.3 Å². The van der Waals surface area contributed by atoms with Crippen molar-refractivity contribution in [2.24, 2.45) is 0 Å². The molecule has 0 spiro atoms. The van der Waals surface area contributed by atoms with Gasteiger partial charge in [0.15, 0.2) is 5.78 Å². The molecule has 2 aromatic rings. The molecule has 0 radical (unpaired) electrons. The molecule has 0 aliphatic heterocycles. The van der Waals surface area contributed by atoms with Crippen LogP contribution in [0.2, 0.25) is 0 Å². The molecule has 0 aromatic heterocycles. The molecule has 2 rings (SSSR count). The van der Waals surface area contributed by atoms with Gasteiger partial charge in [-0.1, -0.05) is 113 Å². The number of hydrogen-bond acceptors (Lipinski definition) is 6. The van der Waals surface area contributed by atoms with Gasteiger partial charge in [-0.25, -0.2) is 8.42 Å². The second kappa shape index (κ2) is 20.4. The van der Waals surface area contributed by atoms with E-state index in [1.54, 1.807) is 55.5 Å². The van der Waals surface area contributed by atoms with Gasteiger partial charge in [0.1, 0.15) is 0 Å². The molecule has 0 bridgehead atoms. The van der Waals surface area contributed by atoms with Gasteiger partial charge in [0.25, 0.3) is 0 Å². The summed E-state index contributed by atoms with van der Waals surface area (Å²) in [5.41, 5.74) is 1.74. The summed E-state index contributed by atoms with van der Waals surface area (Å²) in [7, 11) is -4.48. The van der Waals surface area contributed by atoms with Crippen LogP contribution in [0.3, 0.4) is 0 Å². The summed E-state index contributed by atoms with van der Waals surface area (Å²) in [5, 5.41) is 9.00. The first-order valence-electron chi connectivity index (χ1n) is 12.7. The molecule has 0 heterocycles. The molecular formula is C28H39NaO7S. The summed E-state index contributed by atoms with van der Waals surface area (Å²) in [5.74, 6) is -1.62. The molecule has 2 aromatic carbocycles. The minimum atomic E-state index is -4.48. The predicted molar refractivity (Wildman–Crippen MR) is 140 cm³/mol. The van der Waals surface area contributed by atoms with Gasteiger partial charge in [0.2, 0.25) is 10.4 Å². The maximum absolute atomic E-state index is 12.2. The Kier molecular flexibility index (Phi) is 19.6. The fraction of sp³-hybridized carbons (Fsp3) is 0.500. The van der Waals surface area contributed by atoms with Crippen LogP contribution in [0.15, 0.2) is 54.6 Å². The van der Waals surface area contributed by atoms with Gasteiger partial charge in [-0.05, 0) is 25.0 Å². The van der Waals surface area contributed by atoms with Crippen molar-refractivity contribution in [1.29, 1.82) is 0 Å². The van der Waals surface area contributed by atoms with E-state index in [9.17, 15) is 22.6 Å². The Hall–Kier alpha value is -1.55. The number of unbranched alkanes of at least 4 members (excludes halogenated alkanes) is 9. The van der Waals surface area contributed by atoms with Crippen molar-refractivity contribution in [3.8, 4) is 0 Å². The first kappa shape index (κ1) is 35.5. The summed E-state index contributed by atoms with van der Waals surface area (Å²) in [6.07, 6.45) is 11.7. The van der Waals surface area contributed by atoms with Gasteiger partial charge in [-0.15, -0.1) is 0 Å². The third-order valence-corrected chi connectivity index (χ3v) is 6.24. The smallest absolute Gasteiger partial charge is 0.726 e. The van der Waals surface area contributed by atoms with Crippen LogP contribution in [0.1, 0.15) is 105 Å². The van der Waals surface area contributed by atoms with Gasteiger partial charge in [-0.3, -0.25) is 13.8 Å². The van der Waals surface area contributed by atoms with E-state index in [1.807, 2.05) is 6.07 Å². The van der Waals surface area contributed by atoms with Crippen LogP contribution in [-0.4, -0.2) is 36.4 Å². The van der Waals surface area contributed by atoms with Gasteiger partial charge in [0, 0.05) is 11.1 Å². The molecule has 0 aliphatic rings. The molecule has 1 unspecified atom stereocenters. The summed E-state index contributed by atoms with van der Waals surface area (Å²) in [4.78, 5) is 23.2. The van der Waals surface area contributed by atoms with Crippen LogP contribution in [-0.2, 0) is 19.4 Å². The SMILES string of the molecule is CC(C(=O)O)c1cccc(C(=O)c2ccccc2)c1.CCCCCCCCCCCCOS(=O)(=O)[O-].[Na+]. The first-order chi connectivity index (χ1) is 17.2. The van der Waals surface area contributed by atoms with E-state index in [0.29, 0.717) is 23.1 Å². The maximum atomic E-state index is 12.2. The van der Waals surface area contributed by atoms with Crippen LogP contribution in [0.25, 0.3) is 0 Å². The molecule has 0 fully saturated rings. The van der Waals surface area contributed by atoms with E-state index in [0.717, 1.165) is 12.8 Å². The number of carboxylic acid groups (broad SMARTS) is 1. The third kappa shape index (κ3) is 16.8. The van der Waals surface area contributed by atoms with Crippen molar-refractivity contribution >= 4 is 22.2 Å². The Morgan fingerprint density at radius 3 is 1.86 bits per heavy atom. The second-order valence-electron chi connectivity index (χ2n) is 8.79. The van der Waals surface area contributed by atoms with Gasteiger partial charge >= 0.3 is 35.5 Å². The standard InChI is InChI=1S/C16H14O3.C12H26O4S.Na/c1-11(16(18)19)13-8-5-9-14(10-13)15(17)12-6-3-2-4-7-12;1-2-3-4-5-6-7-8-9-10-11-12-16-17(13,14)15;/h2-11H,1H3,(H,18,19);2-12H2,1H3,(H,13,14,15);/q;;+1/p-1. The van der Waals surface area contributed by atoms with E-state index >= 15 is 0 Å². The van der Waals surface area contributed by atoms with Crippen LogP contribution in [0.5, 0.6) is 0 Å². The average Bonchev–Trinajstić information content (AvgIpc) is 2.86. The molecule has 37 heavy (non-hydrogen) atoms. The van der Waals surface area contributed by atoms with E-state index in [4.69, 9.17) is 5.11 Å². The molecular weight excluding hydrogens is 503 g/mol. The first-order valence-corrected chi connectivity index (χ1v) is 14.0. The quantitative estimate of drug-likeness (QED) is 0.113. The molecule has 9 heteroatoms. The number of benzene rings is 2. The van der Waals surface area contributed by atoms with Crippen molar-refractivity contribution in [3.63, 3.8) is 0 Å². The van der Waals surface area contributed by atoms with Gasteiger partial charge in [-0.2, -0.15) is 0 Å². The zero-order valence-electron chi connectivity index (χ0n) is 22.4. The molecule has 0 aliphatic carbocycles. The molecule has 1 atom stereocenters. The monoisotopic (exact) mass is 542 g/mol. The maximum Gasteiger partial charge on any atom is 1.00 e. The van der Waals surface area contributed by atoms with E-state index < -0.39 is 22.3 Å². The zero-order chi connectivity index (χ0) is 26.8. The van der Waals surface area contributed by atoms with Crippen LogP contribution < -0.4 is 29.6 Å². The fourth-order valence-corrected chi connectivity index (χ4v) is 3.92. The fourth-order valence-electron chi connectivity index (χ4n) is 3.60. The van der Waals surface area contributed by atoms with Crippen LogP contribution >= 0.6 is 0 Å². The summed E-state index contributed by atoms with van der Waals surface area (Å²) in [6, 6.07) is 15.7. The molecule has 0 amide bonds. The average molecular weight is 543 g/mol. The molecule has 200 valence electrons. The number of aliphatic carboxylic acids is 1. The Labute approximate surface area is 244 Å². The number of carbonyl (C=O) groups is 2. The normalized spacial score (nSPS) is 11.5. The Morgan fingerprint density at radius 2 is 1.35 bits per heavy atom. The van der Waals surface area contributed by atoms with Crippen molar-refractivity contribution < 1.29 is 61.4 Å². The summed E-state index contributed by atoms with van der Waals surface area (Å²) >= 11 is 0. The minimum Gasteiger partial charge on any atom is -0.726 e. The Morgan fingerprint density at radius 1 is 0.838 bits per heavy atom. The molecule has 0 saturated heterocycles. The Balaban J connectivity index is 0.000000688.